The lowest BCUT2D eigenvalue weighted by Crippen LogP contribution is -2.13. The molecule has 0 unspecified atom stereocenters. The molecule has 0 atom stereocenters. The number of nitriles is 1. The van der Waals surface area contributed by atoms with Crippen LogP contribution >= 0.6 is 15.9 Å². The number of benzene rings is 2. The minimum atomic E-state index is -0.549. The van der Waals surface area contributed by atoms with Gasteiger partial charge in [0.1, 0.15) is 23.2 Å². The van der Waals surface area contributed by atoms with E-state index in [0.717, 1.165) is 5.56 Å². The molecule has 2 aromatic carbocycles. The Morgan fingerprint density at radius 1 is 1.24 bits per heavy atom. The smallest absolute Gasteiger partial charge is 0.270 e. The van der Waals surface area contributed by atoms with Gasteiger partial charge < -0.3 is 9.73 Å². The van der Waals surface area contributed by atoms with Crippen LogP contribution in [0.1, 0.15) is 11.3 Å². The highest BCUT2D eigenvalue weighted by molar-refractivity contribution is 9.10. The maximum Gasteiger partial charge on any atom is 0.270 e. The number of nitrogens with one attached hydrogen (secondary N) is 1. The fraction of sp³-hybridized carbons (Fsp3) is 0.0476. The number of rotatable bonds is 5. The summed E-state index contributed by atoms with van der Waals surface area (Å²) in [6, 6.07) is 16.7. The minimum absolute atomic E-state index is 0.0492. The maximum atomic E-state index is 12.4. The summed E-state index contributed by atoms with van der Waals surface area (Å²) in [5.74, 6) is 0.197. The summed E-state index contributed by atoms with van der Waals surface area (Å²) in [6.45, 7) is 1.90. The Morgan fingerprint density at radius 2 is 2.03 bits per heavy atom. The normalized spacial score (nSPS) is 11.0. The number of nitrogens with zero attached hydrogens (tertiary/aromatic N) is 2. The maximum absolute atomic E-state index is 12.4. The standard InChI is InChI=1S/C21H14BrN3O4/c1-13-3-2-4-15(9-13)24-21(26)14(12-23)10-17-6-8-20(29-17)18-7-5-16(25(27)28)11-19(18)22/h2-11H,1H3,(H,24,26)/b14-10+. The van der Waals surface area contributed by atoms with Crippen LogP contribution in [0.3, 0.4) is 0 Å². The SMILES string of the molecule is Cc1cccc(NC(=O)/C(C#N)=C/c2ccc(-c3ccc([N+](=O)[O-])cc3Br)o2)c1. The zero-order valence-corrected chi connectivity index (χ0v) is 16.8. The lowest BCUT2D eigenvalue weighted by molar-refractivity contribution is -0.384. The first-order valence-corrected chi connectivity index (χ1v) is 9.20. The van der Waals surface area contributed by atoms with Crippen LogP contribution in [0.2, 0.25) is 0 Å². The van der Waals surface area contributed by atoms with E-state index < -0.39 is 10.8 Å². The Bertz CT molecular complexity index is 1170. The highest BCUT2D eigenvalue weighted by atomic mass is 79.9. The molecule has 0 fully saturated rings. The van der Waals surface area contributed by atoms with Gasteiger partial charge in [-0.15, -0.1) is 0 Å². The quantitative estimate of drug-likeness (QED) is 0.239. The van der Waals surface area contributed by atoms with E-state index in [1.807, 2.05) is 25.1 Å². The predicted molar refractivity (Wildman–Crippen MR) is 112 cm³/mol. The highest BCUT2D eigenvalue weighted by Gasteiger charge is 2.15. The molecule has 0 aliphatic heterocycles. The van der Waals surface area contributed by atoms with Crippen LogP contribution in [0.5, 0.6) is 0 Å². The van der Waals surface area contributed by atoms with E-state index in [0.29, 0.717) is 27.2 Å². The molecule has 1 aromatic heterocycles. The molecule has 3 aromatic rings. The van der Waals surface area contributed by atoms with Crippen molar-refractivity contribution >= 4 is 39.3 Å². The van der Waals surface area contributed by atoms with Crippen molar-refractivity contribution in [3.63, 3.8) is 0 Å². The van der Waals surface area contributed by atoms with Crippen LogP contribution < -0.4 is 5.32 Å². The van der Waals surface area contributed by atoms with Crippen molar-refractivity contribution < 1.29 is 14.1 Å². The average Bonchev–Trinajstić information content (AvgIpc) is 3.14. The van der Waals surface area contributed by atoms with Crippen LogP contribution in [0.15, 0.2) is 69.1 Å². The second-order valence-electron chi connectivity index (χ2n) is 6.12. The topological polar surface area (TPSA) is 109 Å². The molecule has 29 heavy (non-hydrogen) atoms. The summed E-state index contributed by atoms with van der Waals surface area (Å²) in [5, 5.41) is 22.9. The molecule has 1 N–H and O–H groups in total. The molecule has 0 radical (unpaired) electrons. The Labute approximate surface area is 174 Å². The number of hydrogen-bond donors (Lipinski definition) is 1. The summed E-state index contributed by atoms with van der Waals surface area (Å²) in [6.07, 6.45) is 1.34. The fourth-order valence-corrected chi connectivity index (χ4v) is 3.17. The summed E-state index contributed by atoms with van der Waals surface area (Å²) >= 11 is 3.30. The molecule has 1 heterocycles. The third-order valence-corrected chi connectivity index (χ3v) is 4.64. The molecule has 1 amide bonds. The van der Waals surface area contributed by atoms with E-state index in [9.17, 15) is 20.2 Å². The second-order valence-corrected chi connectivity index (χ2v) is 6.97. The van der Waals surface area contributed by atoms with Gasteiger partial charge in [0.05, 0.1) is 4.92 Å². The van der Waals surface area contributed by atoms with Crippen molar-refractivity contribution in [1.82, 2.24) is 0 Å². The van der Waals surface area contributed by atoms with Gasteiger partial charge in [0.2, 0.25) is 0 Å². The number of anilines is 1. The summed E-state index contributed by atoms with van der Waals surface area (Å²) in [5.41, 5.74) is 2.01. The van der Waals surface area contributed by atoms with Gasteiger partial charge in [-0.05, 0) is 58.7 Å². The van der Waals surface area contributed by atoms with Gasteiger partial charge in [-0.25, -0.2) is 0 Å². The molecule has 0 aliphatic rings. The third-order valence-electron chi connectivity index (χ3n) is 3.98. The van der Waals surface area contributed by atoms with Gasteiger partial charge in [-0.2, -0.15) is 5.26 Å². The summed E-state index contributed by atoms with van der Waals surface area (Å²) in [7, 11) is 0. The van der Waals surface area contributed by atoms with E-state index in [4.69, 9.17) is 4.42 Å². The number of furan rings is 1. The van der Waals surface area contributed by atoms with Crippen molar-refractivity contribution in [2.24, 2.45) is 0 Å². The first-order valence-electron chi connectivity index (χ1n) is 8.41. The van der Waals surface area contributed by atoms with Gasteiger partial charge >= 0.3 is 0 Å². The molecule has 0 aliphatic carbocycles. The van der Waals surface area contributed by atoms with Crippen LogP contribution in [-0.4, -0.2) is 10.8 Å². The molecule has 8 heteroatoms. The van der Waals surface area contributed by atoms with E-state index in [1.54, 1.807) is 30.3 Å². The van der Waals surface area contributed by atoms with Crippen molar-refractivity contribution in [1.29, 1.82) is 5.26 Å². The van der Waals surface area contributed by atoms with Crippen LogP contribution in [0.4, 0.5) is 11.4 Å². The number of amides is 1. The lowest BCUT2D eigenvalue weighted by atomic mass is 10.1. The van der Waals surface area contributed by atoms with Crippen molar-refractivity contribution in [3.8, 4) is 17.4 Å². The van der Waals surface area contributed by atoms with E-state index in [2.05, 4.69) is 21.2 Å². The zero-order valence-electron chi connectivity index (χ0n) is 15.2. The highest BCUT2D eigenvalue weighted by Crippen LogP contribution is 2.33. The van der Waals surface area contributed by atoms with Gasteiger partial charge in [0, 0.05) is 33.9 Å². The van der Waals surface area contributed by atoms with Crippen molar-refractivity contribution in [3.05, 3.63) is 86.1 Å². The number of carbonyl (C=O) groups excluding carboxylic acids is 1. The molecule has 0 bridgehead atoms. The molecule has 3 rings (SSSR count). The molecule has 0 saturated heterocycles. The van der Waals surface area contributed by atoms with E-state index in [-0.39, 0.29) is 11.3 Å². The van der Waals surface area contributed by atoms with Crippen LogP contribution in [0, 0.1) is 28.4 Å². The van der Waals surface area contributed by atoms with Gasteiger partial charge in [-0.3, -0.25) is 14.9 Å². The Morgan fingerprint density at radius 3 is 2.69 bits per heavy atom. The molecule has 0 spiro atoms. The van der Waals surface area contributed by atoms with E-state index >= 15 is 0 Å². The molecule has 0 saturated carbocycles. The second kappa shape index (κ2) is 8.54. The Hall–Kier alpha value is -3.70. The first-order chi connectivity index (χ1) is 13.9. The average molecular weight is 452 g/mol. The van der Waals surface area contributed by atoms with Crippen LogP contribution in [0.25, 0.3) is 17.4 Å². The molecule has 144 valence electrons. The Kier molecular flexibility index (Phi) is 5.90. The number of hydrogen-bond acceptors (Lipinski definition) is 5. The van der Waals surface area contributed by atoms with Gasteiger partial charge in [0.15, 0.2) is 0 Å². The largest absolute Gasteiger partial charge is 0.457 e. The summed E-state index contributed by atoms with van der Waals surface area (Å²) in [4.78, 5) is 22.7. The fourth-order valence-electron chi connectivity index (χ4n) is 2.60. The van der Waals surface area contributed by atoms with E-state index in [1.165, 1.54) is 18.2 Å². The number of aryl methyl sites for hydroxylation is 1. The third kappa shape index (κ3) is 4.78. The summed E-state index contributed by atoms with van der Waals surface area (Å²) < 4.78 is 6.19. The molecule has 7 nitrogen and oxygen atoms in total. The molecular formula is C21H14BrN3O4. The number of carbonyl (C=O) groups is 1. The number of nitro groups is 1. The lowest BCUT2D eigenvalue weighted by Gasteiger charge is -2.04. The van der Waals surface area contributed by atoms with Crippen molar-refractivity contribution in [2.75, 3.05) is 5.32 Å². The number of nitro benzene ring substituents is 1. The monoisotopic (exact) mass is 451 g/mol. The van der Waals surface area contributed by atoms with Crippen molar-refractivity contribution in [2.45, 2.75) is 6.92 Å². The number of halogens is 1. The van der Waals surface area contributed by atoms with Gasteiger partial charge in [0.25, 0.3) is 11.6 Å². The zero-order chi connectivity index (χ0) is 21.0. The first kappa shape index (κ1) is 20.0. The number of non-ortho nitro benzene ring substituents is 1. The predicted octanol–water partition coefficient (Wildman–Crippen LogP) is 5.47. The van der Waals surface area contributed by atoms with Crippen LogP contribution in [-0.2, 0) is 4.79 Å². The minimum Gasteiger partial charge on any atom is -0.457 e. The molecular weight excluding hydrogens is 438 g/mol. The Balaban J connectivity index is 1.83. The van der Waals surface area contributed by atoms with Gasteiger partial charge in [-0.1, -0.05) is 12.1 Å².